The van der Waals surface area contributed by atoms with Gasteiger partial charge < -0.3 is 16.0 Å². The van der Waals surface area contributed by atoms with Crippen LogP contribution in [0.4, 0.5) is 4.79 Å². The Hall–Kier alpha value is -2.49. The van der Waals surface area contributed by atoms with E-state index in [1.54, 1.807) is 12.1 Å². The first kappa shape index (κ1) is 15.9. The minimum atomic E-state index is -0.901. The van der Waals surface area contributed by atoms with E-state index in [2.05, 4.69) is 15.5 Å². The molecular weight excluding hydrogens is 308 g/mol. The minimum Gasteiger partial charge on any atom is -0.461 e. The molecule has 0 saturated heterocycles. The highest BCUT2D eigenvalue weighted by Crippen LogP contribution is 2.28. The molecule has 0 fully saturated rings. The van der Waals surface area contributed by atoms with E-state index in [1.165, 1.54) is 10.9 Å². The second-order valence-corrected chi connectivity index (χ2v) is 5.90. The molecule has 0 saturated carbocycles. The summed E-state index contributed by atoms with van der Waals surface area (Å²) in [6.45, 7) is 3.67. The number of carbonyl (C=O) groups excluding carboxylic acids is 2. The van der Waals surface area contributed by atoms with E-state index in [4.69, 9.17) is 16.0 Å². The molecule has 0 spiro atoms. The lowest BCUT2D eigenvalue weighted by Gasteiger charge is -2.17. The Labute approximate surface area is 130 Å². The van der Waals surface area contributed by atoms with Gasteiger partial charge in [-0.3, -0.25) is 10.1 Å². The summed E-state index contributed by atoms with van der Waals surface area (Å²) in [5.74, 6) is 6.15. The van der Waals surface area contributed by atoms with Crippen molar-refractivity contribution in [2.45, 2.75) is 24.3 Å². The van der Waals surface area contributed by atoms with Crippen molar-refractivity contribution in [1.29, 1.82) is 0 Å². The summed E-state index contributed by atoms with van der Waals surface area (Å²) in [7, 11) is 0. The number of furan rings is 1. The van der Waals surface area contributed by atoms with Gasteiger partial charge in [-0.05, 0) is 18.1 Å². The first-order valence-electron chi connectivity index (χ1n) is 6.41. The van der Waals surface area contributed by atoms with Crippen LogP contribution < -0.4 is 16.9 Å². The van der Waals surface area contributed by atoms with E-state index in [-0.39, 0.29) is 5.92 Å². The topological polar surface area (TPSA) is 142 Å². The van der Waals surface area contributed by atoms with Gasteiger partial charge in [-0.25, -0.2) is 9.47 Å². The van der Waals surface area contributed by atoms with Crippen molar-refractivity contribution in [3.8, 4) is 11.6 Å². The molecule has 0 aromatic carbocycles. The maximum absolute atomic E-state index is 12.0. The van der Waals surface area contributed by atoms with Crippen LogP contribution in [0, 0.1) is 5.92 Å². The number of hydrogen-bond acceptors (Lipinski definition) is 7. The van der Waals surface area contributed by atoms with Crippen molar-refractivity contribution in [2.75, 3.05) is 5.84 Å². The highest BCUT2D eigenvalue weighted by atomic mass is 32.2. The first-order chi connectivity index (χ1) is 10.4. The van der Waals surface area contributed by atoms with Crippen LogP contribution in [0.2, 0.25) is 0 Å². The number of urea groups is 1. The summed E-state index contributed by atoms with van der Waals surface area (Å²) in [6.07, 6.45) is 1.49. The summed E-state index contributed by atoms with van der Waals surface area (Å²) < 4.78 is 6.45. The Morgan fingerprint density at radius 1 is 1.41 bits per heavy atom. The molecule has 9 nitrogen and oxygen atoms in total. The zero-order valence-electron chi connectivity index (χ0n) is 12.0. The second-order valence-electron chi connectivity index (χ2n) is 4.79. The average molecular weight is 324 g/mol. The molecule has 118 valence electrons. The van der Waals surface area contributed by atoms with Crippen molar-refractivity contribution >= 4 is 23.7 Å². The molecule has 10 heteroatoms. The van der Waals surface area contributed by atoms with E-state index < -0.39 is 17.2 Å². The Balaban J connectivity index is 2.21. The third-order valence-electron chi connectivity index (χ3n) is 2.75. The molecule has 22 heavy (non-hydrogen) atoms. The van der Waals surface area contributed by atoms with Gasteiger partial charge in [0.1, 0.15) is 0 Å². The Bertz CT molecular complexity index is 666. The van der Waals surface area contributed by atoms with Crippen molar-refractivity contribution < 1.29 is 14.0 Å². The number of thioether (sulfide) groups is 1. The standard InChI is InChI=1S/C12H16N6O3S/c1-6(2)8(10(19)15-11(13)20)22-12-17-16-9(18(12)14)7-4-3-5-21-7/h3-6,8H,14H2,1-2H3,(H3,13,15,19,20). The fraction of sp³-hybridized carbons (Fsp3) is 0.333. The van der Waals surface area contributed by atoms with Crippen molar-refractivity contribution in [2.24, 2.45) is 11.7 Å². The molecule has 0 bridgehead atoms. The number of amides is 3. The summed E-state index contributed by atoms with van der Waals surface area (Å²) in [6, 6.07) is 2.50. The molecular formula is C12H16N6O3S. The maximum Gasteiger partial charge on any atom is 0.318 e. The maximum atomic E-state index is 12.0. The summed E-state index contributed by atoms with van der Waals surface area (Å²) in [4.78, 5) is 22.8. The number of carbonyl (C=O) groups is 2. The number of aromatic nitrogens is 3. The largest absolute Gasteiger partial charge is 0.461 e. The SMILES string of the molecule is CC(C)C(Sc1nnc(-c2ccco2)n1N)C(=O)NC(N)=O. The highest BCUT2D eigenvalue weighted by Gasteiger charge is 2.27. The van der Waals surface area contributed by atoms with Crippen LogP contribution in [-0.2, 0) is 4.79 Å². The quantitative estimate of drug-likeness (QED) is 0.539. The van der Waals surface area contributed by atoms with Crippen molar-refractivity contribution in [3.05, 3.63) is 18.4 Å². The van der Waals surface area contributed by atoms with Crippen LogP contribution in [0.3, 0.4) is 0 Å². The van der Waals surface area contributed by atoms with Gasteiger partial charge in [-0.2, -0.15) is 0 Å². The van der Waals surface area contributed by atoms with Gasteiger partial charge in [0.05, 0.1) is 11.5 Å². The number of nitrogens with two attached hydrogens (primary N) is 2. The molecule has 0 aliphatic rings. The Kier molecular flexibility index (Phi) is 4.71. The smallest absolute Gasteiger partial charge is 0.318 e. The van der Waals surface area contributed by atoms with Crippen LogP contribution in [-0.4, -0.2) is 32.1 Å². The van der Waals surface area contributed by atoms with Crippen molar-refractivity contribution in [1.82, 2.24) is 20.2 Å². The number of hydrogen-bond donors (Lipinski definition) is 3. The zero-order chi connectivity index (χ0) is 16.3. The third kappa shape index (κ3) is 3.39. The Morgan fingerprint density at radius 2 is 2.14 bits per heavy atom. The lowest BCUT2D eigenvalue weighted by atomic mass is 10.1. The molecule has 2 aromatic heterocycles. The molecule has 0 aliphatic heterocycles. The molecule has 2 rings (SSSR count). The fourth-order valence-corrected chi connectivity index (χ4v) is 2.68. The zero-order valence-corrected chi connectivity index (χ0v) is 12.8. The number of rotatable bonds is 5. The molecule has 1 unspecified atom stereocenters. The van der Waals surface area contributed by atoms with Crippen LogP contribution in [0.15, 0.2) is 28.0 Å². The lowest BCUT2D eigenvalue weighted by molar-refractivity contribution is -0.120. The van der Waals surface area contributed by atoms with Crippen LogP contribution in [0.1, 0.15) is 13.8 Å². The van der Waals surface area contributed by atoms with Crippen molar-refractivity contribution in [3.63, 3.8) is 0 Å². The molecule has 0 radical (unpaired) electrons. The van der Waals surface area contributed by atoms with E-state index in [0.717, 1.165) is 11.8 Å². The number of imide groups is 1. The van der Waals surface area contributed by atoms with E-state index in [0.29, 0.717) is 16.7 Å². The predicted molar refractivity (Wildman–Crippen MR) is 80.1 cm³/mol. The predicted octanol–water partition coefficient (Wildman–Crippen LogP) is 0.564. The van der Waals surface area contributed by atoms with Gasteiger partial charge in [0, 0.05) is 0 Å². The van der Waals surface area contributed by atoms with Crippen LogP contribution in [0.5, 0.6) is 0 Å². The number of primary amides is 1. The molecule has 2 aromatic rings. The first-order valence-corrected chi connectivity index (χ1v) is 7.29. The van der Waals surface area contributed by atoms with E-state index >= 15 is 0 Å². The molecule has 2 heterocycles. The fourth-order valence-electron chi connectivity index (χ4n) is 1.73. The number of nitrogens with zero attached hydrogens (tertiary/aromatic N) is 3. The van der Waals surface area contributed by atoms with Gasteiger partial charge in [0.2, 0.25) is 16.9 Å². The summed E-state index contributed by atoms with van der Waals surface area (Å²) in [5.41, 5.74) is 4.97. The van der Waals surface area contributed by atoms with Crippen LogP contribution >= 0.6 is 11.8 Å². The van der Waals surface area contributed by atoms with Gasteiger partial charge in [0.25, 0.3) is 0 Å². The van der Waals surface area contributed by atoms with Gasteiger partial charge in [-0.1, -0.05) is 25.6 Å². The number of nitrogens with one attached hydrogen (secondary N) is 1. The second kappa shape index (κ2) is 6.52. The third-order valence-corrected chi connectivity index (χ3v) is 4.25. The lowest BCUT2D eigenvalue weighted by Crippen LogP contribution is -2.42. The van der Waals surface area contributed by atoms with Gasteiger partial charge >= 0.3 is 6.03 Å². The normalized spacial score (nSPS) is 12.3. The molecule has 5 N–H and O–H groups in total. The molecule has 1 atom stereocenters. The number of nitrogen functional groups attached to an aromatic ring is 1. The Morgan fingerprint density at radius 3 is 2.68 bits per heavy atom. The summed E-state index contributed by atoms with van der Waals surface area (Å²) in [5, 5.41) is 9.68. The van der Waals surface area contributed by atoms with Gasteiger partial charge in [-0.15, -0.1) is 10.2 Å². The minimum absolute atomic E-state index is 0.0758. The van der Waals surface area contributed by atoms with Gasteiger partial charge in [0.15, 0.2) is 5.76 Å². The van der Waals surface area contributed by atoms with E-state index in [9.17, 15) is 9.59 Å². The monoisotopic (exact) mass is 324 g/mol. The molecule has 0 aliphatic carbocycles. The summed E-state index contributed by atoms with van der Waals surface area (Å²) >= 11 is 1.09. The van der Waals surface area contributed by atoms with Crippen LogP contribution in [0.25, 0.3) is 11.6 Å². The molecule has 3 amide bonds. The average Bonchev–Trinajstić information content (AvgIpc) is 3.04. The highest BCUT2D eigenvalue weighted by molar-refractivity contribution is 8.00. The van der Waals surface area contributed by atoms with E-state index in [1.807, 2.05) is 13.8 Å².